The molecule has 6 nitrogen and oxygen atoms in total. The number of nitrogen functional groups attached to an aromatic ring is 1. The lowest BCUT2D eigenvalue weighted by Gasteiger charge is -2.05. The Kier molecular flexibility index (Phi) is 4.02. The predicted molar refractivity (Wildman–Crippen MR) is 81.4 cm³/mol. The lowest BCUT2D eigenvalue weighted by atomic mass is 10.0. The zero-order valence-corrected chi connectivity index (χ0v) is 12.3. The van der Waals surface area contributed by atoms with Crippen LogP contribution in [0.1, 0.15) is 35.0 Å². The summed E-state index contributed by atoms with van der Waals surface area (Å²) >= 11 is 0. The van der Waals surface area contributed by atoms with Gasteiger partial charge in [0.05, 0.1) is 6.21 Å². The van der Waals surface area contributed by atoms with Crippen LogP contribution in [0.15, 0.2) is 17.2 Å². The number of nitrogens with one attached hydrogen (secondary N) is 1. The molecule has 0 radical (unpaired) electrons. The van der Waals surface area contributed by atoms with E-state index in [1.54, 1.807) is 6.21 Å². The van der Waals surface area contributed by atoms with Crippen molar-refractivity contribution in [1.29, 1.82) is 0 Å². The van der Waals surface area contributed by atoms with Crippen LogP contribution < -0.4 is 11.3 Å². The number of nitrogens with two attached hydrogens (primary N) is 1. The Morgan fingerprint density at radius 2 is 1.90 bits per heavy atom. The summed E-state index contributed by atoms with van der Waals surface area (Å²) in [6, 6.07) is 4.26. The Labute approximate surface area is 118 Å². The largest absolute Gasteiger partial charge is 0.335 e. The predicted octanol–water partition coefficient (Wildman–Crippen LogP) is 1.93. The number of aryl methyl sites for hydroxylation is 4. The van der Waals surface area contributed by atoms with Gasteiger partial charge in [0.15, 0.2) is 5.82 Å². The minimum Gasteiger partial charge on any atom is -0.335 e. The van der Waals surface area contributed by atoms with E-state index in [-0.39, 0.29) is 0 Å². The molecule has 1 heterocycles. The van der Waals surface area contributed by atoms with E-state index in [9.17, 15) is 0 Å². The highest BCUT2D eigenvalue weighted by molar-refractivity contribution is 5.82. The van der Waals surface area contributed by atoms with Crippen LogP contribution in [0.2, 0.25) is 0 Å². The maximum absolute atomic E-state index is 5.82. The number of aromatic nitrogens is 3. The first-order valence-electron chi connectivity index (χ1n) is 6.59. The molecule has 6 heteroatoms. The maximum Gasteiger partial charge on any atom is 0.263 e. The van der Waals surface area contributed by atoms with E-state index >= 15 is 0 Å². The van der Waals surface area contributed by atoms with Crippen LogP contribution in [0.4, 0.5) is 5.95 Å². The molecular weight excluding hydrogens is 252 g/mol. The second-order valence-corrected chi connectivity index (χ2v) is 4.83. The fraction of sp³-hybridized carbons (Fsp3) is 0.357. The number of hydrogen-bond donors (Lipinski definition) is 2. The minimum absolute atomic E-state index is 0.430. The Balaban J connectivity index is 2.14. The van der Waals surface area contributed by atoms with Gasteiger partial charge in [0.25, 0.3) is 5.95 Å². The molecule has 0 bridgehead atoms. The van der Waals surface area contributed by atoms with Gasteiger partial charge in [-0.15, -0.1) is 10.2 Å². The molecule has 0 saturated carbocycles. The third kappa shape index (κ3) is 2.79. The summed E-state index contributed by atoms with van der Waals surface area (Å²) in [5, 5.41) is 12.1. The molecule has 0 amide bonds. The Hall–Kier alpha value is -2.37. The van der Waals surface area contributed by atoms with Crippen LogP contribution in [0, 0.1) is 20.8 Å². The van der Waals surface area contributed by atoms with Crippen LogP contribution in [-0.4, -0.2) is 21.1 Å². The zero-order chi connectivity index (χ0) is 14.7. The van der Waals surface area contributed by atoms with Gasteiger partial charge in [-0.3, -0.25) is 0 Å². The Bertz CT molecular complexity index is 641. The lowest BCUT2D eigenvalue weighted by molar-refractivity contribution is 0.855. The zero-order valence-electron chi connectivity index (χ0n) is 12.3. The van der Waals surface area contributed by atoms with Gasteiger partial charge in [-0.25, -0.2) is 10.1 Å². The van der Waals surface area contributed by atoms with E-state index < -0.39 is 0 Å². The second kappa shape index (κ2) is 5.73. The molecule has 2 rings (SSSR count). The Morgan fingerprint density at radius 3 is 2.55 bits per heavy atom. The molecule has 3 N–H and O–H groups in total. The lowest BCUT2D eigenvalue weighted by Crippen LogP contribution is -2.14. The summed E-state index contributed by atoms with van der Waals surface area (Å²) in [5.74, 6) is 6.97. The van der Waals surface area contributed by atoms with Crippen molar-refractivity contribution < 1.29 is 0 Å². The van der Waals surface area contributed by atoms with Crippen molar-refractivity contribution >= 4 is 12.2 Å². The molecule has 20 heavy (non-hydrogen) atoms. The van der Waals surface area contributed by atoms with E-state index in [1.165, 1.54) is 21.4 Å². The highest BCUT2D eigenvalue weighted by Crippen LogP contribution is 2.13. The normalized spacial score (nSPS) is 11.2. The van der Waals surface area contributed by atoms with Crippen LogP contribution in [0.3, 0.4) is 0 Å². The summed E-state index contributed by atoms with van der Waals surface area (Å²) in [7, 11) is 0. The number of anilines is 1. The van der Waals surface area contributed by atoms with Gasteiger partial charge in [0.2, 0.25) is 0 Å². The van der Waals surface area contributed by atoms with Gasteiger partial charge in [-0.05, 0) is 49.1 Å². The van der Waals surface area contributed by atoms with Crippen molar-refractivity contribution in [2.75, 3.05) is 11.3 Å². The topological polar surface area (TPSA) is 81.1 Å². The Morgan fingerprint density at radius 1 is 1.20 bits per heavy atom. The highest BCUT2D eigenvalue weighted by Gasteiger charge is 2.06. The quantitative estimate of drug-likeness (QED) is 0.506. The van der Waals surface area contributed by atoms with Gasteiger partial charge in [0.1, 0.15) is 0 Å². The van der Waals surface area contributed by atoms with Crippen molar-refractivity contribution in [2.45, 2.75) is 34.1 Å². The smallest absolute Gasteiger partial charge is 0.263 e. The summed E-state index contributed by atoms with van der Waals surface area (Å²) < 4.78 is 1.41. The molecule has 0 aliphatic heterocycles. The summed E-state index contributed by atoms with van der Waals surface area (Å²) in [6.07, 6.45) is 2.49. The van der Waals surface area contributed by atoms with Crippen LogP contribution in [0.5, 0.6) is 0 Å². The van der Waals surface area contributed by atoms with Gasteiger partial charge in [-0.2, -0.15) is 5.10 Å². The molecule has 1 aromatic heterocycles. The molecule has 2 aromatic rings. The molecule has 1 aromatic carbocycles. The molecule has 0 fully saturated rings. The van der Waals surface area contributed by atoms with Gasteiger partial charge in [0, 0.05) is 6.42 Å². The number of benzene rings is 1. The first-order valence-corrected chi connectivity index (χ1v) is 6.59. The first kappa shape index (κ1) is 14.0. The molecule has 0 aliphatic carbocycles. The van der Waals surface area contributed by atoms with Crippen molar-refractivity contribution in [3.05, 3.63) is 40.2 Å². The molecule has 106 valence electrons. The average Bonchev–Trinajstić information content (AvgIpc) is 2.76. The van der Waals surface area contributed by atoms with E-state index in [1.807, 2.05) is 6.92 Å². The van der Waals surface area contributed by atoms with Crippen molar-refractivity contribution in [3.63, 3.8) is 0 Å². The third-order valence-electron chi connectivity index (χ3n) is 3.33. The van der Waals surface area contributed by atoms with E-state index in [0.29, 0.717) is 11.8 Å². The molecule has 0 spiro atoms. The number of nitrogens with zero attached hydrogens (tertiary/aromatic N) is 4. The number of hydrogen-bond acceptors (Lipinski definition) is 5. The molecular formula is C14H20N6. The van der Waals surface area contributed by atoms with Crippen LogP contribution >= 0.6 is 0 Å². The summed E-state index contributed by atoms with van der Waals surface area (Å²) in [4.78, 5) is 0. The number of rotatable bonds is 4. The van der Waals surface area contributed by atoms with Gasteiger partial charge in [-0.1, -0.05) is 13.0 Å². The fourth-order valence-corrected chi connectivity index (χ4v) is 1.92. The van der Waals surface area contributed by atoms with E-state index in [2.05, 4.69) is 53.6 Å². The standard InChI is InChI=1S/C14H20N6/c1-5-13-17-19-14(20(13)15)18-16-8-12-7-10(3)9(2)6-11(12)4/h6-8H,5,15H2,1-4H3,(H,18,19)/b16-8-. The molecule has 0 unspecified atom stereocenters. The molecule has 0 atom stereocenters. The van der Waals surface area contributed by atoms with Crippen LogP contribution in [0.25, 0.3) is 0 Å². The van der Waals surface area contributed by atoms with Gasteiger partial charge >= 0.3 is 0 Å². The van der Waals surface area contributed by atoms with Crippen molar-refractivity contribution in [2.24, 2.45) is 5.10 Å². The maximum atomic E-state index is 5.82. The summed E-state index contributed by atoms with van der Waals surface area (Å²) in [5.41, 5.74) is 7.59. The molecule has 0 saturated heterocycles. The molecule has 0 aliphatic rings. The number of hydrazone groups is 1. The summed E-state index contributed by atoms with van der Waals surface area (Å²) in [6.45, 7) is 8.22. The first-order chi connectivity index (χ1) is 9.52. The van der Waals surface area contributed by atoms with Crippen LogP contribution in [-0.2, 0) is 6.42 Å². The van der Waals surface area contributed by atoms with E-state index in [0.717, 1.165) is 12.0 Å². The minimum atomic E-state index is 0.430. The average molecular weight is 272 g/mol. The second-order valence-electron chi connectivity index (χ2n) is 4.83. The van der Waals surface area contributed by atoms with Crippen molar-refractivity contribution in [1.82, 2.24) is 14.9 Å². The van der Waals surface area contributed by atoms with E-state index in [4.69, 9.17) is 5.84 Å². The fourth-order valence-electron chi connectivity index (χ4n) is 1.92. The SMILES string of the molecule is CCc1nnc(N/N=C\c2cc(C)c(C)cc2C)n1N. The van der Waals surface area contributed by atoms with Gasteiger partial charge < -0.3 is 5.84 Å². The highest BCUT2D eigenvalue weighted by atomic mass is 15.5. The monoisotopic (exact) mass is 272 g/mol. The third-order valence-corrected chi connectivity index (χ3v) is 3.33. The van der Waals surface area contributed by atoms with Crippen molar-refractivity contribution in [3.8, 4) is 0 Å².